The highest BCUT2D eigenvalue weighted by Gasteiger charge is 2.07. The summed E-state index contributed by atoms with van der Waals surface area (Å²) in [4.78, 5) is 0. The van der Waals surface area contributed by atoms with Crippen LogP contribution < -0.4 is 5.73 Å². The summed E-state index contributed by atoms with van der Waals surface area (Å²) in [6.07, 6.45) is 2.08. The van der Waals surface area contributed by atoms with E-state index < -0.39 is 0 Å². The van der Waals surface area contributed by atoms with Gasteiger partial charge in [-0.2, -0.15) is 4.68 Å². The maximum Gasteiger partial charge on any atom is 0.245 e. The summed E-state index contributed by atoms with van der Waals surface area (Å²) in [5, 5.41) is 11.1. The predicted octanol–water partition coefficient (Wildman–Crippen LogP) is 1.20. The van der Waals surface area contributed by atoms with Gasteiger partial charge in [-0.3, -0.25) is 0 Å². The fourth-order valence-electron chi connectivity index (χ4n) is 1.56. The van der Waals surface area contributed by atoms with Crippen LogP contribution in [0.25, 0.3) is 5.69 Å². The Hall–Kier alpha value is -1.91. The summed E-state index contributed by atoms with van der Waals surface area (Å²) >= 11 is 0. The number of nitrogen functional groups attached to an aromatic ring is 1. The normalized spacial score (nSPS) is 10.5. The van der Waals surface area contributed by atoms with Crippen molar-refractivity contribution in [1.82, 2.24) is 20.2 Å². The molecule has 0 saturated carbocycles. The Morgan fingerprint density at radius 1 is 1.33 bits per heavy atom. The minimum atomic E-state index is 0.318. The van der Waals surface area contributed by atoms with Crippen molar-refractivity contribution >= 4 is 5.95 Å². The Labute approximate surface area is 87.9 Å². The van der Waals surface area contributed by atoms with Gasteiger partial charge in [0.2, 0.25) is 5.95 Å². The molecule has 2 rings (SSSR count). The highest BCUT2D eigenvalue weighted by atomic mass is 15.6. The van der Waals surface area contributed by atoms with Gasteiger partial charge in [0.25, 0.3) is 0 Å². The van der Waals surface area contributed by atoms with Gasteiger partial charge in [-0.05, 0) is 28.5 Å². The molecule has 0 bridgehead atoms. The third-order valence-corrected chi connectivity index (χ3v) is 2.23. The first-order valence-electron chi connectivity index (χ1n) is 4.95. The highest BCUT2D eigenvalue weighted by Crippen LogP contribution is 2.16. The van der Waals surface area contributed by atoms with Crippen molar-refractivity contribution in [2.45, 2.75) is 19.8 Å². The van der Waals surface area contributed by atoms with Crippen LogP contribution in [0.5, 0.6) is 0 Å². The molecule has 1 heterocycles. The third kappa shape index (κ3) is 1.81. The summed E-state index contributed by atoms with van der Waals surface area (Å²) in [6.45, 7) is 2.14. The van der Waals surface area contributed by atoms with Crippen molar-refractivity contribution in [3.63, 3.8) is 0 Å². The van der Waals surface area contributed by atoms with Gasteiger partial charge in [-0.15, -0.1) is 0 Å². The smallest absolute Gasteiger partial charge is 0.245 e. The van der Waals surface area contributed by atoms with Crippen LogP contribution in [0.2, 0.25) is 0 Å². The molecule has 5 heteroatoms. The number of rotatable bonds is 3. The second-order valence-corrected chi connectivity index (χ2v) is 3.33. The first-order chi connectivity index (χ1) is 7.33. The van der Waals surface area contributed by atoms with Crippen molar-refractivity contribution in [2.75, 3.05) is 5.73 Å². The monoisotopic (exact) mass is 203 g/mol. The van der Waals surface area contributed by atoms with Gasteiger partial charge < -0.3 is 5.73 Å². The summed E-state index contributed by atoms with van der Waals surface area (Å²) in [5.74, 6) is 0.318. The average Bonchev–Trinajstić information content (AvgIpc) is 2.66. The number of nitrogens with two attached hydrogens (primary N) is 1. The Morgan fingerprint density at radius 2 is 2.13 bits per heavy atom. The Morgan fingerprint density at radius 3 is 2.80 bits per heavy atom. The van der Waals surface area contributed by atoms with Gasteiger partial charge >= 0.3 is 0 Å². The lowest BCUT2D eigenvalue weighted by molar-refractivity contribution is 0.778. The molecule has 0 radical (unpaired) electrons. The molecule has 5 nitrogen and oxygen atoms in total. The number of tetrazole rings is 1. The summed E-state index contributed by atoms with van der Waals surface area (Å²) < 4.78 is 1.56. The van der Waals surface area contributed by atoms with E-state index in [9.17, 15) is 0 Å². The first-order valence-corrected chi connectivity index (χ1v) is 4.95. The van der Waals surface area contributed by atoms with Crippen molar-refractivity contribution in [2.24, 2.45) is 0 Å². The fraction of sp³-hybridized carbons (Fsp3) is 0.300. The molecule has 0 atom stereocenters. The number of benzene rings is 1. The number of nitrogens with zero attached hydrogens (tertiary/aromatic N) is 4. The largest absolute Gasteiger partial charge is 0.366 e. The van der Waals surface area contributed by atoms with E-state index >= 15 is 0 Å². The molecule has 1 aromatic heterocycles. The van der Waals surface area contributed by atoms with Gasteiger partial charge in [-0.1, -0.05) is 36.6 Å². The third-order valence-electron chi connectivity index (χ3n) is 2.23. The van der Waals surface area contributed by atoms with Crippen LogP contribution in [0, 0.1) is 0 Å². The minimum absolute atomic E-state index is 0.318. The van der Waals surface area contributed by atoms with Gasteiger partial charge in [0.1, 0.15) is 0 Å². The summed E-state index contributed by atoms with van der Waals surface area (Å²) in [5.41, 5.74) is 7.83. The van der Waals surface area contributed by atoms with E-state index in [-0.39, 0.29) is 0 Å². The van der Waals surface area contributed by atoms with E-state index in [1.807, 2.05) is 18.2 Å². The molecule has 15 heavy (non-hydrogen) atoms. The quantitative estimate of drug-likeness (QED) is 0.813. The SMILES string of the molecule is CCCc1ccccc1-n1nnnc1N. The predicted molar refractivity (Wildman–Crippen MR) is 57.6 cm³/mol. The molecule has 78 valence electrons. The van der Waals surface area contributed by atoms with Gasteiger partial charge in [0.05, 0.1) is 5.69 Å². The zero-order valence-electron chi connectivity index (χ0n) is 8.59. The zero-order chi connectivity index (χ0) is 10.7. The van der Waals surface area contributed by atoms with E-state index in [0.29, 0.717) is 5.95 Å². The standard InChI is InChI=1S/C10H13N5/c1-2-5-8-6-3-4-7-9(8)15-10(11)12-13-14-15/h3-4,6-7H,2,5H2,1H3,(H2,11,12,14). The van der Waals surface area contributed by atoms with E-state index in [1.54, 1.807) is 4.68 Å². The van der Waals surface area contributed by atoms with Crippen molar-refractivity contribution in [3.8, 4) is 5.69 Å². The number of hydrogen-bond acceptors (Lipinski definition) is 4. The molecule has 0 spiro atoms. The van der Waals surface area contributed by atoms with Gasteiger partial charge in [0, 0.05) is 0 Å². The van der Waals surface area contributed by atoms with Crippen LogP contribution in [-0.2, 0) is 6.42 Å². The van der Waals surface area contributed by atoms with Crippen LogP contribution in [0.3, 0.4) is 0 Å². The number of para-hydroxylation sites is 1. The van der Waals surface area contributed by atoms with Crippen molar-refractivity contribution in [1.29, 1.82) is 0 Å². The lowest BCUT2D eigenvalue weighted by atomic mass is 10.1. The Kier molecular flexibility index (Phi) is 2.62. The van der Waals surface area contributed by atoms with Gasteiger partial charge in [-0.25, -0.2) is 0 Å². The van der Waals surface area contributed by atoms with Crippen LogP contribution >= 0.6 is 0 Å². The minimum Gasteiger partial charge on any atom is -0.366 e. The molecule has 2 N–H and O–H groups in total. The number of hydrogen-bond donors (Lipinski definition) is 1. The number of anilines is 1. The molecule has 0 amide bonds. The molecule has 2 aromatic rings. The number of aromatic nitrogens is 4. The van der Waals surface area contributed by atoms with Crippen molar-refractivity contribution in [3.05, 3.63) is 29.8 Å². The van der Waals surface area contributed by atoms with E-state index in [0.717, 1.165) is 18.5 Å². The second kappa shape index (κ2) is 4.08. The molecule has 0 unspecified atom stereocenters. The molecule has 0 saturated heterocycles. The molecule has 0 fully saturated rings. The van der Waals surface area contributed by atoms with Crippen LogP contribution in [0.1, 0.15) is 18.9 Å². The molecular formula is C10H13N5. The van der Waals surface area contributed by atoms with Crippen LogP contribution in [0.15, 0.2) is 24.3 Å². The molecule has 0 aliphatic carbocycles. The fourth-order valence-corrected chi connectivity index (χ4v) is 1.56. The highest BCUT2D eigenvalue weighted by molar-refractivity contribution is 5.43. The number of aryl methyl sites for hydroxylation is 1. The molecule has 0 aliphatic rings. The summed E-state index contributed by atoms with van der Waals surface area (Å²) in [6, 6.07) is 8.00. The maximum absolute atomic E-state index is 5.66. The molecule has 1 aromatic carbocycles. The lowest BCUT2D eigenvalue weighted by Crippen LogP contribution is -2.05. The zero-order valence-corrected chi connectivity index (χ0v) is 8.59. The van der Waals surface area contributed by atoms with Gasteiger partial charge in [0.15, 0.2) is 0 Å². The Balaban J connectivity index is 2.48. The van der Waals surface area contributed by atoms with E-state index in [4.69, 9.17) is 5.73 Å². The van der Waals surface area contributed by atoms with E-state index in [2.05, 4.69) is 28.5 Å². The first kappa shape index (κ1) is 9.64. The second-order valence-electron chi connectivity index (χ2n) is 3.33. The van der Waals surface area contributed by atoms with Crippen molar-refractivity contribution < 1.29 is 0 Å². The van der Waals surface area contributed by atoms with Crippen LogP contribution in [-0.4, -0.2) is 20.2 Å². The van der Waals surface area contributed by atoms with Crippen LogP contribution in [0.4, 0.5) is 5.95 Å². The molecular weight excluding hydrogens is 190 g/mol. The lowest BCUT2D eigenvalue weighted by Gasteiger charge is -2.07. The summed E-state index contributed by atoms with van der Waals surface area (Å²) in [7, 11) is 0. The maximum atomic E-state index is 5.66. The average molecular weight is 203 g/mol. The topological polar surface area (TPSA) is 69.6 Å². The van der Waals surface area contributed by atoms with E-state index in [1.165, 1.54) is 5.56 Å². The molecule has 0 aliphatic heterocycles. The Bertz CT molecular complexity index is 449.